The first-order chi connectivity index (χ1) is 14.0. The van der Waals surface area contributed by atoms with Gasteiger partial charge in [-0.1, -0.05) is 30.3 Å². The summed E-state index contributed by atoms with van der Waals surface area (Å²) in [5.41, 5.74) is 1.45. The number of fused-ring (bicyclic) bond motifs is 1. The van der Waals surface area contributed by atoms with E-state index in [2.05, 4.69) is 9.88 Å². The largest absolute Gasteiger partial charge is 0.352 e. The highest BCUT2D eigenvalue weighted by atomic mass is 32.2. The Bertz CT molecular complexity index is 1170. The summed E-state index contributed by atoms with van der Waals surface area (Å²) in [5, 5.41) is 8.46. The van der Waals surface area contributed by atoms with Gasteiger partial charge in [0, 0.05) is 26.2 Å². The molecule has 0 aliphatic carbocycles. The lowest BCUT2D eigenvalue weighted by atomic mass is 10.2. The number of sulfone groups is 1. The van der Waals surface area contributed by atoms with Gasteiger partial charge in [0.2, 0.25) is 9.84 Å². The van der Waals surface area contributed by atoms with E-state index in [9.17, 15) is 13.7 Å². The van der Waals surface area contributed by atoms with Crippen LogP contribution in [0.1, 0.15) is 10.9 Å². The van der Waals surface area contributed by atoms with Crippen molar-refractivity contribution < 1.29 is 8.42 Å². The van der Waals surface area contributed by atoms with Crippen molar-refractivity contribution in [1.29, 1.82) is 5.26 Å². The molecule has 0 spiro atoms. The molecule has 0 bridgehead atoms. The van der Waals surface area contributed by atoms with Crippen molar-refractivity contribution in [3.05, 3.63) is 60.3 Å². The average Bonchev–Trinajstić information content (AvgIpc) is 2.75. The summed E-state index contributed by atoms with van der Waals surface area (Å²) in [7, 11) is -1.90. The summed E-state index contributed by atoms with van der Waals surface area (Å²) in [5.74, 6) is 0.475. The van der Waals surface area contributed by atoms with Gasteiger partial charge in [-0.15, -0.1) is 0 Å². The van der Waals surface area contributed by atoms with Crippen LogP contribution in [-0.4, -0.2) is 56.5 Å². The van der Waals surface area contributed by atoms with E-state index in [1.54, 1.807) is 24.3 Å². The molecule has 1 aliphatic heterocycles. The van der Waals surface area contributed by atoms with Crippen LogP contribution in [0.4, 0.5) is 5.82 Å². The normalized spacial score (nSPS) is 16.5. The molecule has 1 saturated heterocycles. The fraction of sp³-hybridized carbons (Fsp3) is 0.286. The quantitative estimate of drug-likeness (QED) is 0.656. The smallest absolute Gasteiger partial charge is 0.200 e. The lowest BCUT2D eigenvalue weighted by Gasteiger charge is -2.34. The maximum Gasteiger partial charge on any atom is 0.200 e. The van der Waals surface area contributed by atoms with Crippen LogP contribution in [0, 0.1) is 11.3 Å². The van der Waals surface area contributed by atoms with E-state index in [0.717, 1.165) is 13.1 Å². The van der Waals surface area contributed by atoms with Crippen LogP contribution in [-0.2, 0) is 9.84 Å². The Labute approximate surface area is 170 Å². The van der Waals surface area contributed by atoms with Gasteiger partial charge in [0.25, 0.3) is 0 Å². The molecule has 1 fully saturated rings. The third kappa shape index (κ3) is 3.67. The lowest BCUT2D eigenvalue weighted by Crippen LogP contribution is -2.45. The number of benzene rings is 2. The van der Waals surface area contributed by atoms with Crippen molar-refractivity contribution in [1.82, 2.24) is 14.9 Å². The molecule has 8 heteroatoms. The fourth-order valence-electron chi connectivity index (χ4n) is 3.45. The summed E-state index contributed by atoms with van der Waals surface area (Å²) in [4.78, 5) is 13.7. The van der Waals surface area contributed by atoms with Crippen LogP contribution >= 0.6 is 0 Å². The molecule has 2 aromatic carbocycles. The third-order valence-corrected chi connectivity index (χ3v) is 7.01. The first-order valence-corrected chi connectivity index (χ1v) is 10.9. The molecular weight excluding hydrogens is 386 g/mol. The van der Waals surface area contributed by atoms with Crippen LogP contribution in [0.25, 0.3) is 11.0 Å². The monoisotopic (exact) mass is 407 g/mol. The summed E-state index contributed by atoms with van der Waals surface area (Å²) in [6.07, 6.45) is 0. The van der Waals surface area contributed by atoms with Gasteiger partial charge in [0.1, 0.15) is 5.69 Å². The minimum atomic E-state index is -3.95. The molecular formula is C21H21N5O2S. The van der Waals surface area contributed by atoms with Crippen molar-refractivity contribution in [3.8, 4) is 6.07 Å². The van der Waals surface area contributed by atoms with E-state index in [0.29, 0.717) is 29.9 Å². The van der Waals surface area contributed by atoms with Crippen LogP contribution in [0.3, 0.4) is 0 Å². The Kier molecular flexibility index (Phi) is 5.18. The number of anilines is 1. The Morgan fingerprint density at radius 1 is 0.931 bits per heavy atom. The van der Waals surface area contributed by atoms with E-state index in [-0.39, 0.29) is 10.6 Å². The number of nitriles is 1. The third-order valence-electron chi connectivity index (χ3n) is 5.13. The number of rotatable bonds is 4. The van der Waals surface area contributed by atoms with Crippen molar-refractivity contribution in [2.75, 3.05) is 38.1 Å². The first-order valence-electron chi connectivity index (χ1n) is 9.39. The molecule has 0 unspecified atom stereocenters. The van der Waals surface area contributed by atoms with Crippen molar-refractivity contribution in [2.24, 2.45) is 0 Å². The Balaban J connectivity index is 1.88. The zero-order valence-electron chi connectivity index (χ0n) is 16.1. The highest BCUT2D eigenvalue weighted by molar-refractivity contribution is 7.92. The van der Waals surface area contributed by atoms with Crippen molar-refractivity contribution in [2.45, 2.75) is 10.1 Å². The van der Waals surface area contributed by atoms with Gasteiger partial charge in [-0.2, -0.15) is 5.26 Å². The minimum Gasteiger partial charge on any atom is -0.352 e. The molecule has 148 valence electrons. The summed E-state index contributed by atoms with van der Waals surface area (Å²) < 4.78 is 26.5. The van der Waals surface area contributed by atoms with Crippen molar-refractivity contribution in [3.63, 3.8) is 0 Å². The van der Waals surface area contributed by atoms with Crippen LogP contribution in [0.5, 0.6) is 0 Å². The van der Waals surface area contributed by atoms with Gasteiger partial charge in [-0.25, -0.2) is 18.4 Å². The SMILES string of the molecule is CN1CCN(c2nc3ccccc3nc2[C@H](C#N)S(=O)(=O)c2ccccc2)CC1. The van der Waals surface area contributed by atoms with Gasteiger partial charge in [0.05, 0.1) is 22.0 Å². The molecule has 4 rings (SSSR count). The molecule has 7 nitrogen and oxygen atoms in total. The van der Waals surface area contributed by atoms with Gasteiger partial charge in [-0.05, 0) is 31.3 Å². The second-order valence-corrected chi connectivity index (χ2v) is 9.11. The second-order valence-electron chi connectivity index (χ2n) is 7.08. The van der Waals surface area contributed by atoms with Crippen LogP contribution in [0.15, 0.2) is 59.5 Å². The van der Waals surface area contributed by atoms with Gasteiger partial charge < -0.3 is 9.80 Å². The van der Waals surface area contributed by atoms with Gasteiger partial charge >= 0.3 is 0 Å². The zero-order chi connectivity index (χ0) is 20.4. The molecule has 1 atom stereocenters. The number of likely N-dealkylation sites (N-methyl/N-ethyl adjacent to an activating group) is 1. The number of hydrogen-bond acceptors (Lipinski definition) is 7. The summed E-state index contributed by atoms with van der Waals surface area (Å²) >= 11 is 0. The molecule has 2 heterocycles. The van der Waals surface area contributed by atoms with Crippen LogP contribution < -0.4 is 4.90 Å². The van der Waals surface area contributed by atoms with E-state index in [4.69, 9.17) is 4.98 Å². The van der Waals surface area contributed by atoms with Crippen LogP contribution in [0.2, 0.25) is 0 Å². The number of aromatic nitrogens is 2. The summed E-state index contributed by atoms with van der Waals surface area (Å²) in [6, 6.07) is 17.3. The summed E-state index contributed by atoms with van der Waals surface area (Å²) in [6.45, 7) is 3.05. The Hall–Kier alpha value is -3.02. The molecule has 1 aliphatic rings. The first kappa shape index (κ1) is 19.3. The van der Waals surface area contributed by atoms with E-state index < -0.39 is 15.1 Å². The van der Waals surface area contributed by atoms with E-state index in [1.165, 1.54) is 12.1 Å². The predicted octanol–water partition coefficient (Wildman–Crippen LogP) is 2.42. The van der Waals surface area contributed by atoms with Crippen molar-refractivity contribution >= 4 is 26.7 Å². The highest BCUT2D eigenvalue weighted by Gasteiger charge is 2.35. The fourth-order valence-corrected chi connectivity index (χ4v) is 4.85. The van der Waals surface area contributed by atoms with E-state index in [1.807, 2.05) is 36.2 Å². The Morgan fingerprint density at radius 2 is 1.52 bits per heavy atom. The van der Waals surface area contributed by atoms with Gasteiger partial charge in [-0.3, -0.25) is 0 Å². The average molecular weight is 407 g/mol. The lowest BCUT2D eigenvalue weighted by molar-refractivity contribution is 0.312. The predicted molar refractivity (Wildman–Crippen MR) is 111 cm³/mol. The second kappa shape index (κ2) is 7.78. The number of hydrogen-bond donors (Lipinski definition) is 0. The number of nitrogens with zero attached hydrogens (tertiary/aromatic N) is 5. The van der Waals surface area contributed by atoms with E-state index >= 15 is 0 Å². The molecule has 0 N–H and O–H groups in total. The minimum absolute atomic E-state index is 0.103. The molecule has 1 aromatic heterocycles. The molecule has 0 amide bonds. The number of piperazine rings is 1. The molecule has 0 radical (unpaired) electrons. The maximum atomic E-state index is 13.3. The molecule has 29 heavy (non-hydrogen) atoms. The molecule has 0 saturated carbocycles. The standard InChI is InChI=1S/C21H21N5O2S/c1-25-11-13-26(14-12-25)21-20(23-17-9-5-6-10-18(17)24-21)19(15-22)29(27,28)16-7-3-2-4-8-16/h2-10,19H,11-14H2,1H3/t19-/m0/s1. The Morgan fingerprint density at radius 3 is 2.14 bits per heavy atom. The maximum absolute atomic E-state index is 13.3. The number of para-hydroxylation sites is 2. The highest BCUT2D eigenvalue weighted by Crippen LogP contribution is 2.34. The molecule has 3 aromatic rings. The van der Waals surface area contributed by atoms with Gasteiger partial charge in [0.15, 0.2) is 11.1 Å². The topological polar surface area (TPSA) is 90.2 Å². The zero-order valence-corrected chi connectivity index (χ0v) is 16.9.